The van der Waals surface area contributed by atoms with Gasteiger partial charge in [-0.05, 0) is 181 Å². The van der Waals surface area contributed by atoms with Gasteiger partial charge in [0.15, 0.2) is 23.3 Å². The molecule has 4 aliphatic rings. The molecule has 0 N–H and O–H groups in total. The van der Waals surface area contributed by atoms with Crippen LogP contribution in [0.15, 0.2) is 247 Å². The average molecular weight is 1210 g/mol. The van der Waals surface area contributed by atoms with Crippen LogP contribution in [0, 0.1) is 23.7 Å². The Balaban J connectivity index is 0.792. The SMILES string of the molecule is CCOC1N(c2ccc(C#Cc3ccc(-c4nnc(-c5ccccc5)o4)cc3)cc2)C2=N/C(=C3\N=C4C(=N3)N(c3ccc(C(C)(C)C)cc3)C(OCC)N4c3ccc(C#Cc4ccc(-c5nnc(-c6ccccc6)o5)cc4)cc3)N=C2N1c1ccc(C(C)(C)C)cc1. The molecule has 16 nitrogen and oxygen atoms in total. The largest absolute Gasteiger partial charge is 0.416 e. The van der Waals surface area contributed by atoms with Crippen molar-refractivity contribution >= 4 is 46.1 Å². The summed E-state index contributed by atoms with van der Waals surface area (Å²) in [5.41, 5.74) is 12.4. The van der Waals surface area contributed by atoms with Gasteiger partial charge in [-0.1, -0.05) is 126 Å². The van der Waals surface area contributed by atoms with E-state index in [-0.39, 0.29) is 10.8 Å². The minimum atomic E-state index is -0.637. The van der Waals surface area contributed by atoms with Crippen LogP contribution < -0.4 is 19.6 Å². The molecule has 92 heavy (non-hydrogen) atoms. The molecule has 0 radical (unpaired) electrons. The molecular weight excluding hydrogens is 1140 g/mol. The van der Waals surface area contributed by atoms with Crippen molar-refractivity contribution in [2.75, 3.05) is 32.8 Å². The van der Waals surface area contributed by atoms with Crippen LogP contribution in [0.5, 0.6) is 0 Å². The van der Waals surface area contributed by atoms with Crippen LogP contribution in [0.3, 0.4) is 0 Å². The number of amidine groups is 4. The third kappa shape index (κ3) is 11.6. The van der Waals surface area contributed by atoms with Gasteiger partial charge in [0.1, 0.15) is 0 Å². The summed E-state index contributed by atoms with van der Waals surface area (Å²) in [7, 11) is 0. The smallest absolute Gasteiger partial charge is 0.248 e. The van der Waals surface area contributed by atoms with Crippen LogP contribution in [-0.2, 0) is 20.3 Å². The predicted octanol–water partition coefficient (Wildman–Crippen LogP) is 15.3. The van der Waals surface area contributed by atoms with Gasteiger partial charge >= 0.3 is 0 Å². The van der Waals surface area contributed by atoms with Crippen molar-refractivity contribution in [2.24, 2.45) is 20.0 Å². The molecule has 0 bridgehead atoms. The number of ether oxygens (including phenoxy) is 2. The highest BCUT2D eigenvalue weighted by Crippen LogP contribution is 2.41. The van der Waals surface area contributed by atoms with E-state index >= 15 is 0 Å². The van der Waals surface area contributed by atoms with Crippen molar-refractivity contribution in [1.29, 1.82) is 0 Å². The Labute approximate surface area is 534 Å². The summed E-state index contributed by atoms with van der Waals surface area (Å²) in [5, 5.41) is 17.1. The number of aliphatic imine (C=N–C) groups is 4. The maximum Gasteiger partial charge on any atom is 0.248 e. The number of rotatable bonds is 12. The molecule has 10 aromatic rings. The van der Waals surface area contributed by atoms with Crippen molar-refractivity contribution in [2.45, 2.75) is 78.9 Å². The molecule has 14 rings (SSSR count). The standard InChI is InChI=1S/C76H64N12O4/c1-9-89-73-85(59-41-29-51(30-42-59)23-21-49-25-33-55(34-26-49)71-83-81-69(91-71)53-17-13-11-14-18-53)65-67(87(73)61-45-37-57(38-46-61)75(3,4)5)79-63(77-65)64-78-66-68(80-64)88(62-47-39-58(40-48-62)76(6,7)8)74(90-10-2)86(66)60-43-31-52(32-44-60)24-22-50-27-35-56(36-28-50)72-84-82-70(92-72)54-19-15-12-16-20-54/h11-20,25-48,73-74H,9-10H2,1-8H3/b64-63-. The van der Waals surface area contributed by atoms with E-state index in [0.29, 0.717) is 71.8 Å². The van der Waals surface area contributed by atoms with Gasteiger partial charge in [0.05, 0.1) is 0 Å². The Morgan fingerprint density at radius 3 is 0.848 bits per heavy atom. The molecule has 8 aromatic carbocycles. The zero-order chi connectivity index (χ0) is 63.1. The summed E-state index contributed by atoms with van der Waals surface area (Å²) in [6, 6.07) is 68.4. The second-order valence-corrected chi connectivity index (χ2v) is 24.3. The van der Waals surface area contributed by atoms with E-state index in [1.165, 1.54) is 11.1 Å². The molecule has 2 aromatic heterocycles. The molecule has 0 amide bonds. The lowest BCUT2D eigenvalue weighted by Crippen LogP contribution is -2.43. The second kappa shape index (κ2) is 24.2. The minimum Gasteiger partial charge on any atom is -0.416 e. The summed E-state index contributed by atoms with van der Waals surface area (Å²) in [4.78, 5) is 29.8. The van der Waals surface area contributed by atoms with E-state index in [4.69, 9.17) is 38.3 Å². The predicted molar refractivity (Wildman–Crippen MR) is 363 cm³/mol. The first-order valence-corrected chi connectivity index (χ1v) is 30.7. The molecule has 16 heteroatoms. The van der Waals surface area contributed by atoms with Crippen molar-refractivity contribution in [3.05, 3.63) is 251 Å². The fourth-order valence-corrected chi connectivity index (χ4v) is 11.2. The highest BCUT2D eigenvalue weighted by Gasteiger charge is 2.50. The highest BCUT2D eigenvalue weighted by atomic mass is 16.5. The number of aromatic nitrogens is 4. The van der Waals surface area contributed by atoms with E-state index in [1.54, 1.807) is 0 Å². The molecule has 0 spiro atoms. The van der Waals surface area contributed by atoms with Crippen LogP contribution in [0.1, 0.15) is 88.8 Å². The maximum atomic E-state index is 6.69. The van der Waals surface area contributed by atoms with Gasteiger partial charge in [0.25, 0.3) is 0 Å². The number of benzene rings is 8. The monoisotopic (exact) mass is 1210 g/mol. The molecule has 2 atom stereocenters. The van der Waals surface area contributed by atoms with Crippen molar-refractivity contribution < 1.29 is 18.3 Å². The molecular formula is C76H64N12O4. The molecule has 2 saturated heterocycles. The lowest BCUT2D eigenvalue weighted by atomic mass is 9.87. The Kier molecular flexibility index (Phi) is 15.4. The zero-order valence-corrected chi connectivity index (χ0v) is 52.2. The number of hydrogen-bond donors (Lipinski definition) is 0. The molecule has 2 fully saturated rings. The number of nitrogens with zero attached hydrogens (tertiary/aromatic N) is 12. The molecule has 452 valence electrons. The first kappa shape index (κ1) is 58.4. The summed E-state index contributed by atoms with van der Waals surface area (Å²) in [6.07, 6.45) is -1.27. The summed E-state index contributed by atoms with van der Waals surface area (Å²) >= 11 is 0. The average Bonchev–Trinajstić information content (AvgIpc) is 1.57. The van der Waals surface area contributed by atoms with E-state index in [9.17, 15) is 0 Å². The summed E-state index contributed by atoms with van der Waals surface area (Å²) in [5.74, 6) is 18.3. The lowest BCUT2D eigenvalue weighted by molar-refractivity contribution is 0.0799. The van der Waals surface area contributed by atoms with Crippen LogP contribution in [0.4, 0.5) is 22.7 Å². The fraction of sp³-hybridized carbons (Fsp3) is 0.184. The van der Waals surface area contributed by atoms with Gasteiger partial charge < -0.3 is 18.3 Å². The van der Waals surface area contributed by atoms with Crippen LogP contribution in [0.25, 0.3) is 45.8 Å². The first-order valence-electron chi connectivity index (χ1n) is 30.7. The minimum absolute atomic E-state index is 0.0611. The highest BCUT2D eigenvalue weighted by molar-refractivity contribution is 6.55. The number of anilines is 4. The van der Waals surface area contributed by atoms with Gasteiger partial charge in [-0.3, -0.25) is 19.6 Å². The summed E-state index contributed by atoms with van der Waals surface area (Å²) < 4.78 is 25.4. The van der Waals surface area contributed by atoms with Crippen molar-refractivity contribution in [3.63, 3.8) is 0 Å². The van der Waals surface area contributed by atoms with E-state index in [1.807, 2.05) is 172 Å². The third-order valence-corrected chi connectivity index (χ3v) is 16.0. The molecule has 2 unspecified atom stereocenters. The fourth-order valence-electron chi connectivity index (χ4n) is 11.2. The number of fused-ring (bicyclic) bond motifs is 2. The first-order chi connectivity index (χ1) is 44.7. The van der Waals surface area contributed by atoms with Crippen molar-refractivity contribution in [1.82, 2.24) is 20.4 Å². The number of hydrogen-bond acceptors (Lipinski definition) is 16. The van der Waals surface area contributed by atoms with Crippen LogP contribution in [-0.4, -0.2) is 69.7 Å². The molecule has 4 aliphatic heterocycles. The molecule has 0 aliphatic carbocycles. The Hall–Kier alpha value is -11.3. The quantitative estimate of drug-likeness (QED) is 0.107. The normalized spacial score (nSPS) is 16.7. The van der Waals surface area contributed by atoms with Gasteiger partial charge in [0.2, 0.25) is 47.9 Å². The zero-order valence-electron chi connectivity index (χ0n) is 52.2. The Morgan fingerprint density at radius 2 is 0.587 bits per heavy atom. The van der Waals surface area contributed by atoms with Crippen LogP contribution >= 0.6 is 0 Å². The van der Waals surface area contributed by atoms with Crippen molar-refractivity contribution in [3.8, 4) is 69.5 Å². The van der Waals surface area contributed by atoms with Gasteiger partial charge in [-0.15, -0.1) is 20.4 Å². The van der Waals surface area contributed by atoms with E-state index < -0.39 is 12.7 Å². The lowest BCUT2D eigenvalue weighted by Gasteiger charge is -2.31. The molecule has 0 saturated carbocycles. The van der Waals surface area contributed by atoms with Gasteiger partial charge in [-0.2, -0.15) is 0 Å². The summed E-state index contributed by atoms with van der Waals surface area (Å²) in [6.45, 7) is 18.1. The van der Waals surface area contributed by atoms with E-state index in [2.05, 4.69) is 154 Å². The topological polar surface area (TPSA) is 159 Å². The van der Waals surface area contributed by atoms with E-state index in [0.717, 1.165) is 67.3 Å². The Bertz CT molecular complexity index is 4370. The van der Waals surface area contributed by atoms with Gasteiger partial charge in [0, 0.05) is 80.5 Å². The maximum absolute atomic E-state index is 6.69. The van der Waals surface area contributed by atoms with Gasteiger partial charge in [-0.25, -0.2) is 20.0 Å². The van der Waals surface area contributed by atoms with Crippen LogP contribution in [0.2, 0.25) is 0 Å². The second-order valence-electron chi connectivity index (χ2n) is 24.3. The molecule has 6 heterocycles. The third-order valence-electron chi connectivity index (χ3n) is 16.0. The Morgan fingerprint density at radius 1 is 0.337 bits per heavy atom.